The lowest BCUT2D eigenvalue weighted by molar-refractivity contribution is 0.442. The largest absolute Gasteiger partial charge is 0.272 e. The van der Waals surface area contributed by atoms with Gasteiger partial charge in [0.2, 0.25) is 5.29 Å². The van der Waals surface area contributed by atoms with Crippen LogP contribution < -0.4 is 4.83 Å². The van der Waals surface area contributed by atoms with E-state index in [1.807, 2.05) is 4.83 Å². The van der Waals surface area contributed by atoms with Gasteiger partial charge in [-0.3, -0.25) is 5.01 Å². The van der Waals surface area contributed by atoms with Crippen LogP contribution in [-0.4, -0.2) is 25.8 Å². The molecule has 5 nitrogen and oxygen atoms in total. The Labute approximate surface area is 114 Å². The number of sulfonamides is 1. The molecular formula is C10H10ClF2N3O2S. The molecule has 0 saturated carbocycles. The molecule has 0 aliphatic rings. The highest BCUT2D eigenvalue weighted by atomic mass is 35.5. The highest BCUT2D eigenvalue weighted by Gasteiger charge is 2.25. The van der Waals surface area contributed by atoms with Crippen LogP contribution in [0.2, 0.25) is 0 Å². The third kappa shape index (κ3) is 3.72. The number of amidine groups is 1. The summed E-state index contributed by atoms with van der Waals surface area (Å²) in [5.41, 5.74) is 0. The summed E-state index contributed by atoms with van der Waals surface area (Å²) in [5.74, 6) is -2.42. The smallest absolute Gasteiger partial charge is 0.263 e. The quantitative estimate of drug-likeness (QED) is 0.399. The molecule has 0 spiro atoms. The van der Waals surface area contributed by atoms with E-state index in [1.165, 1.54) is 7.05 Å². The average molecular weight is 310 g/mol. The molecule has 0 aliphatic carbocycles. The van der Waals surface area contributed by atoms with E-state index in [1.54, 1.807) is 0 Å². The fourth-order valence-corrected chi connectivity index (χ4v) is 2.51. The van der Waals surface area contributed by atoms with Gasteiger partial charge in [0.15, 0.2) is 4.90 Å². The van der Waals surface area contributed by atoms with Crippen molar-refractivity contribution in [1.29, 1.82) is 0 Å². The molecule has 104 valence electrons. The van der Waals surface area contributed by atoms with Gasteiger partial charge in [-0.15, -0.1) is 4.83 Å². The fourth-order valence-electron chi connectivity index (χ4n) is 1.16. The summed E-state index contributed by atoms with van der Waals surface area (Å²) in [6.07, 6.45) is 1.08. The number of halogens is 3. The van der Waals surface area contributed by atoms with Crippen molar-refractivity contribution in [1.82, 2.24) is 9.84 Å². The molecule has 0 heterocycles. The first-order valence-corrected chi connectivity index (χ1v) is 6.70. The second-order valence-electron chi connectivity index (χ2n) is 3.29. The van der Waals surface area contributed by atoms with Crippen LogP contribution in [0.1, 0.15) is 0 Å². The van der Waals surface area contributed by atoms with Crippen molar-refractivity contribution < 1.29 is 17.2 Å². The fraction of sp³-hybridized carbons (Fsp3) is 0.100. The lowest BCUT2D eigenvalue weighted by Gasteiger charge is -2.18. The maximum absolute atomic E-state index is 13.4. The first-order valence-electron chi connectivity index (χ1n) is 4.84. The monoisotopic (exact) mass is 309 g/mol. The van der Waals surface area contributed by atoms with Gasteiger partial charge in [0.1, 0.15) is 11.6 Å². The van der Waals surface area contributed by atoms with E-state index >= 15 is 0 Å². The molecule has 0 unspecified atom stereocenters. The number of rotatable bonds is 4. The van der Waals surface area contributed by atoms with Crippen molar-refractivity contribution in [3.8, 4) is 0 Å². The molecule has 0 fully saturated rings. The van der Waals surface area contributed by atoms with Crippen LogP contribution >= 0.6 is 11.6 Å². The second-order valence-corrected chi connectivity index (χ2v) is 5.22. The third-order valence-corrected chi connectivity index (χ3v) is 3.71. The minimum atomic E-state index is -4.46. The number of benzene rings is 1. The standard InChI is InChI=1S/C10H10ClF2N3O2S/c1-3-14-10(11)16(2)15-19(17,18)9-7(12)5-4-6-8(9)13/h3-6,15H,1H2,2H3. The number of hydrogen-bond donors (Lipinski definition) is 1. The molecule has 0 amide bonds. The zero-order chi connectivity index (χ0) is 14.6. The molecule has 0 saturated heterocycles. The van der Waals surface area contributed by atoms with Crippen LogP contribution in [0.5, 0.6) is 0 Å². The molecule has 0 aliphatic heterocycles. The van der Waals surface area contributed by atoms with Crippen LogP contribution in [-0.2, 0) is 10.0 Å². The molecule has 0 aromatic heterocycles. The van der Waals surface area contributed by atoms with Crippen LogP contribution in [0.15, 0.2) is 40.9 Å². The van der Waals surface area contributed by atoms with E-state index < -0.39 is 26.6 Å². The second kappa shape index (κ2) is 6.09. The Balaban J connectivity index is 3.13. The first kappa shape index (κ1) is 15.5. The van der Waals surface area contributed by atoms with E-state index in [0.717, 1.165) is 29.4 Å². The molecule has 1 N–H and O–H groups in total. The average Bonchev–Trinajstić information content (AvgIpc) is 2.27. The van der Waals surface area contributed by atoms with Gasteiger partial charge < -0.3 is 0 Å². The van der Waals surface area contributed by atoms with Gasteiger partial charge in [0, 0.05) is 13.2 Å². The Morgan fingerprint density at radius 2 is 2.00 bits per heavy atom. The van der Waals surface area contributed by atoms with E-state index in [0.29, 0.717) is 0 Å². The maximum Gasteiger partial charge on any atom is 0.263 e. The third-order valence-electron chi connectivity index (χ3n) is 1.92. The van der Waals surface area contributed by atoms with Gasteiger partial charge in [-0.05, 0) is 23.7 Å². The minimum Gasteiger partial charge on any atom is -0.272 e. The zero-order valence-electron chi connectivity index (χ0n) is 9.77. The Kier molecular flexibility index (Phi) is 4.98. The van der Waals surface area contributed by atoms with Crippen molar-refractivity contribution in [2.24, 2.45) is 4.99 Å². The number of aliphatic imine (C=N–C) groups is 1. The van der Waals surface area contributed by atoms with Crippen LogP contribution in [0.3, 0.4) is 0 Å². The van der Waals surface area contributed by atoms with Crippen molar-refractivity contribution in [3.05, 3.63) is 42.6 Å². The molecule has 0 radical (unpaired) electrons. The molecular weight excluding hydrogens is 300 g/mol. The summed E-state index contributed by atoms with van der Waals surface area (Å²) in [5, 5.41) is 0.514. The highest BCUT2D eigenvalue weighted by Crippen LogP contribution is 2.18. The van der Waals surface area contributed by atoms with Crippen LogP contribution in [0, 0.1) is 11.6 Å². The first-order chi connectivity index (χ1) is 8.79. The predicted molar refractivity (Wildman–Crippen MR) is 67.9 cm³/mol. The number of nitrogens with one attached hydrogen (secondary N) is 1. The van der Waals surface area contributed by atoms with Gasteiger partial charge in [-0.2, -0.15) is 0 Å². The molecule has 1 aromatic carbocycles. The summed E-state index contributed by atoms with van der Waals surface area (Å²) in [6, 6.07) is 2.72. The lowest BCUT2D eigenvalue weighted by Crippen LogP contribution is -2.41. The number of hydrazine groups is 1. The van der Waals surface area contributed by atoms with Crippen molar-refractivity contribution in [2.75, 3.05) is 7.05 Å². The van der Waals surface area contributed by atoms with Gasteiger partial charge in [0.05, 0.1) is 0 Å². The molecule has 0 bridgehead atoms. The molecule has 9 heteroatoms. The van der Waals surface area contributed by atoms with Crippen LogP contribution in [0.25, 0.3) is 0 Å². The SMILES string of the molecule is C=CN=C(Cl)N(C)NS(=O)(=O)c1c(F)cccc1F. The number of hydrogen-bond acceptors (Lipinski definition) is 3. The van der Waals surface area contributed by atoms with E-state index in [-0.39, 0.29) is 5.29 Å². The Bertz CT molecular complexity index is 599. The van der Waals surface area contributed by atoms with Gasteiger partial charge in [0.25, 0.3) is 10.0 Å². The Morgan fingerprint density at radius 3 is 2.47 bits per heavy atom. The zero-order valence-corrected chi connectivity index (χ0v) is 11.3. The van der Waals surface area contributed by atoms with Crippen molar-refractivity contribution in [3.63, 3.8) is 0 Å². The van der Waals surface area contributed by atoms with Gasteiger partial charge in [-0.25, -0.2) is 22.2 Å². The lowest BCUT2D eigenvalue weighted by atomic mass is 10.3. The molecule has 1 rings (SSSR count). The number of nitrogens with zero attached hydrogens (tertiary/aromatic N) is 2. The summed E-state index contributed by atoms with van der Waals surface area (Å²) >= 11 is 5.59. The van der Waals surface area contributed by atoms with E-state index in [4.69, 9.17) is 11.6 Å². The highest BCUT2D eigenvalue weighted by molar-refractivity contribution is 7.89. The summed E-state index contributed by atoms with van der Waals surface area (Å²) in [4.78, 5) is 4.27. The topological polar surface area (TPSA) is 61.8 Å². The minimum absolute atomic E-state index is 0.268. The van der Waals surface area contributed by atoms with Gasteiger partial charge >= 0.3 is 0 Å². The van der Waals surface area contributed by atoms with Crippen LogP contribution in [0.4, 0.5) is 8.78 Å². The summed E-state index contributed by atoms with van der Waals surface area (Å²) < 4.78 is 50.4. The predicted octanol–water partition coefficient (Wildman–Crippen LogP) is 1.83. The Morgan fingerprint density at radius 1 is 1.47 bits per heavy atom. The molecule has 19 heavy (non-hydrogen) atoms. The maximum atomic E-state index is 13.4. The normalized spacial score (nSPS) is 12.3. The Hall–Kier alpha value is -1.51. The molecule has 0 atom stereocenters. The summed E-state index contributed by atoms with van der Waals surface area (Å²) in [6.45, 7) is 3.27. The van der Waals surface area contributed by atoms with Crippen molar-refractivity contribution >= 4 is 26.9 Å². The summed E-state index contributed by atoms with van der Waals surface area (Å²) in [7, 11) is -3.24. The van der Waals surface area contributed by atoms with E-state index in [9.17, 15) is 17.2 Å². The van der Waals surface area contributed by atoms with E-state index in [2.05, 4.69) is 11.6 Å². The molecule has 1 aromatic rings. The van der Waals surface area contributed by atoms with Crippen molar-refractivity contribution in [2.45, 2.75) is 4.90 Å². The van der Waals surface area contributed by atoms with Gasteiger partial charge in [-0.1, -0.05) is 12.6 Å².